The zero-order valence-corrected chi connectivity index (χ0v) is 15.4. The Balaban J connectivity index is 1.39. The van der Waals surface area contributed by atoms with Crippen molar-refractivity contribution in [1.29, 1.82) is 0 Å². The first-order valence-electron chi connectivity index (χ1n) is 8.99. The second-order valence-electron chi connectivity index (χ2n) is 6.75. The van der Waals surface area contributed by atoms with Crippen molar-refractivity contribution in [2.75, 3.05) is 12.4 Å². The van der Waals surface area contributed by atoms with E-state index in [0.29, 0.717) is 23.9 Å². The molecule has 0 radical (unpaired) electrons. The minimum Gasteiger partial charge on any atom is -0.361 e. The Morgan fingerprint density at radius 3 is 2.67 bits per heavy atom. The second kappa shape index (κ2) is 7.22. The first-order valence-corrected chi connectivity index (χ1v) is 8.99. The highest BCUT2D eigenvalue weighted by atomic mass is 16.5. The van der Waals surface area contributed by atoms with E-state index in [2.05, 4.69) is 20.6 Å². The van der Waals surface area contributed by atoms with Crippen LogP contribution in [0.2, 0.25) is 0 Å². The Morgan fingerprint density at radius 2 is 1.93 bits per heavy atom. The number of aromatic nitrogens is 3. The number of carbonyl (C=O) groups is 1. The van der Waals surface area contributed by atoms with Crippen molar-refractivity contribution >= 4 is 11.7 Å². The number of anilines is 1. The van der Waals surface area contributed by atoms with Crippen molar-refractivity contribution in [3.8, 4) is 11.5 Å². The van der Waals surface area contributed by atoms with Crippen LogP contribution in [0.4, 0.5) is 10.5 Å². The fourth-order valence-electron chi connectivity index (χ4n) is 3.20. The topological polar surface area (TPSA) is 97.3 Å². The Hall–Kier alpha value is -3.16. The van der Waals surface area contributed by atoms with Crippen LogP contribution in [0.1, 0.15) is 35.7 Å². The number of benzene rings is 1. The Labute approximate surface area is 156 Å². The lowest BCUT2D eigenvalue weighted by Gasteiger charge is -2.18. The van der Waals surface area contributed by atoms with Crippen LogP contribution in [0, 0.1) is 6.92 Å². The molecule has 0 fully saturated rings. The minimum absolute atomic E-state index is 0.205. The van der Waals surface area contributed by atoms with E-state index >= 15 is 0 Å². The number of rotatable bonds is 4. The van der Waals surface area contributed by atoms with E-state index in [-0.39, 0.29) is 6.03 Å². The van der Waals surface area contributed by atoms with Crippen LogP contribution >= 0.6 is 0 Å². The molecule has 8 nitrogen and oxygen atoms in total. The molecule has 4 rings (SSSR count). The molecule has 1 N–H and O–H groups in total. The van der Waals surface area contributed by atoms with Crippen LogP contribution < -0.4 is 5.32 Å². The third-order valence-electron chi connectivity index (χ3n) is 4.68. The molecule has 140 valence electrons. The van der Waals surface area contributed by atoms with Gasteiger partial charge in [0.05, 0.1) is 6.54 Å². The van der Waals surface area contributed by atoms with E-state index in [1.807, 2.05) is 12.1 Å². The Bertz CT molecular complexity index is 945. The van der Waals surface area contributed by atoms with Crippen molar-refractivity contribution in [3.63, 3.8) is 0 Å². The predicted molar refractivity (Wildman–Crippen MR) is 98.1 cm³/mol. The summed E-state index contributed by atoms with van der Waals surface area (Å²) in [6, 6.07) is 7.06. The van der Waals surface area contributed by atoms with Gasteiger partial charge in [0.2, 0.25) is 0 Å². The van der Waals surface area contributed by atoms with Gasteiger partial charge < -0.3 is 19.3 Å². The Kier molecular flexibility index (Phi) is 4.62. The van der Waals surface area contributed by atoms with E-state index in [4.69, 9.17) is 9.05 Å². The molecule has 1 aliphatic carbocycles. The molecule has 2 heterocycles. The maximum Gasteiger partial charge on any atom is 0.321 e. The third kappa shape index (κ3) is 3.69. The highest BCUT2D eigenvalue weighted by Crippen LogP contribution is 2.25. The average molecular weight is 367 g/mol. The largest absolute Gasteiger partial charge is 0.361 e. The summed E-state index contributed by atoms with van der Waals surface area (Å²) >= 11 is 0. The van der Waals surface area contributed by atoms with E-state index < -0.39 is 0 Å². The number of carbonyl (C=O) groups excluding carboxylic acids is 1. The first-order chi connectivity index (χ1) is 13.1. The van der Waals surface area contributed by atoms with Gasteiger partial charge in [-0.15, -0.1) is 0 Å². The molecule has 0 spiro atoms. The van der Waals surface area contributed by atoms with Gasteiger partial charge in [0.15, 0.2) is 5.82 Å². The molecule has 2 amide bonds. The molecular formula is C19H21N5O3. The maximum absolute atomic E-state index is 12.5. The van der Waals surface area contributed by atoms with E-state index in [0.717, 1.165) is 42.7 Å². The number of nitrogens with one attached hydrogen (secondary N) is 1. The van der Waals surface area contributed by atoms with E-state index in [1.165, 1.54) is 5.56 Å². The number of fused-ring (bicyclic) bond motifs is 1. The lowest BCUT2D eigenvalue weighted by molar-refractivity contribution is 0.219. The van der Waals surface area contributed by atoms with Gasteiger partial charge >= 0.3 is 6.03 Å². The second-order valence-corrected chi connectivity index (χ2v) is 6.75. The molecule has 0 saturated carbocycles. The molecule has 27 heavy (non-hydrogen) atoms. The normalized spacial score (nSPS) is 13.3. The van der Waals surface area contributed by atoms with Crippen molar-refractivity contribution in [3.05, 3.63) is 47.1 Å². The molecule has 0 saturated heterocycles. The van der Waals surface area contributed by atoms with Crippen molar-refractivity contribution < 1.29 is 13.8 Å². The first kappa shape index (κ1) is 17.3. The van der Waals surface area contributed by atoms with E-state index in [1.54, 1.807) is 31.0 Å². The number of nitrogens with zero attached hydrogens (tertiary/aromatic N) is 4. The fraction of sp³-hybridized carbons (Fsp3) is 0.368. The molecule has 1 aromatic carbocycles. The summed E-state index contributed by atoms with van der Waals surface area (Å²) in [5, 5.41) is 10.8. The number of urea groups is 1. The Morgan fingerprint density at radius 1 is 1.15 bits per heavy atom. The highest BCUT2D eigenvalue weighted by molar-refractivity contribution is 5.89. The number of hydrogen-bond acceptors (Lipinski definition) is 6. The van der Waals surface area contributed by atoms with Crippen molar-refractivity contribution in [2.45, 2.75) is 39.2 Å². The maximum atomic E-state index is 12.5. The van der Waals surface area contributed by atoms with Gasteiger partial charge in [-0.25, -0.2) is 4.79 Å². The van der Waals surface area contributed by atoms with Crippen molar-refractivity contribution in [2.24, 2.45) is 0 Å². The van der Waals surface area contributed by atoms with Crippen LogP contribution in [0.15, 0.2) is 33.3 Å². The standard InChI is InChI=1S/C19H21N5O3/c1-12-20-18(27-22-12)13-7-9-14(10-8-13)21-19(25)24(2)11-16-15-5-3-4-6-17(15)26-23-16/h7-10H,3-6,11H2,1-2H3,(H,21,25). The smallest absolute Gasteiger partial charge is 0.321 e. The molecule has 2 aromatic heterocycles. The molecule has 0 aliphatic heterocycles. The molecule has 8 heteroatoms. The summed E-state index contributed by atoms with van der Waals surface area (Å²) in [7, 11) is 1.74. The van der Waals surface area contributed by atoms with E-state index in [9.17, 15) is 4.79 Å². The van der Waals surface area contributed by atoms with Crippen LogP contribution in [0.25, 0.3) is 11.5 Å². The monoisotopic (exact) mass is 367 g/mol. The number of hydrogen-bond donors (Lipinski definition) is 1. The summed E-state index contributed by atoms with van der Waals surface area (Å²) in [6.45, 7) is 2.19. The molecule has 3 aromatic rings. The summed E-state index contributed by atoms with van der Waals surface area (Å²) < 4.78 is 10.6. The van der Waals surface area contributed by atoms with Crippen molar-refractivity contribution in [1.82, 2.24) is 20.2 Å². The zero-order chi connectivity index (χ0) is 18.8. The number of aryl methyl sites for hydroxylation is 2. The van der Waals surface area contributed by atoms with Gasteiger partial charge in [-0.3, -0.25) is 0 Å². The fourth-order valence-corrected chi connectivity index (χ4v) is 3.20. The molecular weight excluding hydrogens is 346 g/mol. The van der Waals surface area contributed by atoms with Gasteiger partial charge in [-0.2, -0.15) is 4.98 Å². The number of amides is 2. The van der Waals surface area contributed by atoms with Crippen LogP contribution in [0.3, 0.4) is 0 Å². The van der Waals surface area contributed by atoms with Gasteiger partial charge in [0, 0.05) is 30.3 Å². The third-order valence-corrected chi connectivity index (χ3v) is 4.68. The molecule has 0 unspecified atom stereocenters. The minimum atomic E-state index is -0.205. The van der Waals surface area contributed by atoms with Crippen LogP contribution in [0.5, 0.6) is 0 Å². The highest BCUT2D eigenvalue weighted by Gasteiger charge is 2.21. The lowest BCUT2D eigenvalue weighted by atomic mass is 9.96. The van der Waals surface area contributed by atoms with Gasteiger partial charge in [0.1, 0.15) is 11.5 Å². The molecule has 1 aliphatic rings. The van der Waals surface area contributed by atoms with Gasteiger partial charge in [-0.1, -0.05) is 10.3 Å². The summed E-state index contributed by atoms with van der Waals surface area (Å²) in [6.07, 6.45) is 4.19. The van der Waals surface area contributed by atoms with Gasteiger partial charge in [0.25, 0.3) is 5.89 Å². The summed E-state index contributed by atoms with van der Waals surface area (Å²) in [4.78, 5) is 18.3. The predicted octanol–water partition coefficient (Wildman–Crippen LogP) is 3.58. The molecule has 0 bridgehead atoms. The van der Waals surface area contributed by atoms with Gasteiger partial charge in [-0.05, 0) is 50.5 Å². The average Bonchev–Trinajstić information content (AvgIpc) is 3.29. The van der Waals surface area contributed by atoms with Crippen LogP contribution in [-0.4, -0.2) is 33.3 Å². The zero-order valence-electron chi connectivity index (χ0n) is 15.4. The van der Waals surface area contributed by atoms with Crippen LogP contribution in [-0.2, 0) is 19.4 Å². The summed E-state index contributed by atoms with van der Waals surface area (Å²) in [5.41, 5.74) is 3.51. The SMILES string of the molecule is Cc1noc(-c2ccc(NC(=O)N(C)Cc3noc4c3CCCC4)cc2)n1. The lowest BCUT2D eigenvalue weighted by Crippen LogP contribution is -2.31. The molecule has 0 atom stereocenters. The quantitative estimate of drug-likeness (QED) is 0.757. The summed E-state index contributed by atoms with van der Waals surface area (Å²) in [5.74, 6) is 2.01.